The first-order chi connectivity index (χ1) is 11.7. The molecule has 1 amide bonds. The summed E-state index contributed by atoms with van der Waals surface area (Å²) in [6.45, 7) is 4.01. The minimum Gasteiger partial charge on any atom is -0.465 e. The summed E-state index contributed by atoms with van der Waals surface area (Å²) in [6.07, 6.45) is 1.01. The lowest BCUT2D eigenvalue weighted by molar-refractivity contribution is 0.0601. The molecule has 0 aliphatic carbocycles. The van der Waals surface area contributed by atoms with Crippen LogP contribution < -0.4 is 4.90 Å². The molecule has 0 spiro atoms. The number of rotatable bonds is 6. The van der Waals surface area contributed by atoms with Crippen LogP contribution in [0.1, 0.15) is 15.9 Å². The molecule has 0 atom stereocenters. The molecule has 0 aliphatic rings. The Hall–Kier alpha value is -3.08. The number of esters is 1. The predicted octanol–water partition coefficient (Wildman–Crippen LogP) is 3.80. The van der Waals surface area contributed by atoms with Gasteiger partial charge in [0.2, 0.25) is 0 Å². The highest BCUT2D eigenvalue weighted by molar-refractivity contribution is 6.00. The first-order valence-electron chi connectivity index (χ1n) is 7.43. The lowest BCUT2D eigenvalue weighted by atomic mass is 10.1. The molecule has 0 unspecified atom stereocenters. The lowest BCUT2D eigenvalue weighted by Gasteiger charge is -2.22. The van der Waals surface area contributed by atoms with Gasteiger partial charge in [-0.1, -0.05) is 48.5 Å². The smallest absolute Gasteiger partial charge is 0.414 e. The molecule has 0 heterocycles. The Balaban J connectivity index is 2.21. The zero-order valence-corrected chi connectivity index (χ0v) is 13.5. The van der Waals surface area contributed by atoms with Crippen LogP contribution in [0, 0.1) is 0 Å². The normalized spacial score (nSPS) is 9.88. The van der Waals surface area contributed by atoms with E-state index in [9.17, 15) is 9.59 Å². The van der Waals surface area contributed by atoms with Crippen molar-refractivity contribution >= 4 is 17.7 Å². The van der Waals surface area contributed by atoms with Crippen LogP contribution in [0.3, 0.4) is 0 Å². The zero-order chi connectivity index (χ0) is 17.4. The second-order valence-corrected chi connectivity index (χ2v) is 4.95. The van der Waals surface area contributed by atoms with E-state index in [4.69, 9.17) is 9.47 Å². The van der Waals surface area contributed by atoms with Gasteiger partial charge in [0.15, 0.2) is 0 Å². The Morgan fingerprint density at radius 1 is 1.08 bits per heavy atom. The molecule has 2 aromatic carbocycles. The van der Waals surface area contributed by atoms with E-state index in [2.05, 4.69) is 6.58 Å². The SMILES string of the molecule is C=CCN(C(=O)OCc1ccccc1)c1ccccc1C(=O)OC. The number of ether oxygens (including phenoxy) is 2. The van der Waals surface area contributed by atoms with E-state index < -0.39 is 12.1 Å². The minimum atomic E-state index is -0.560. The number of anilines is 1. The Morgan fingerprint density at radius 2 is 1.75 bits per heavy atom. The highest BCUT2D eigenvalue weighted by atomic mass is 16.6. The summed E-state index contributed by atoms with van der Waals surface area (Å²) < 4.78 is 10.1. The maximum atomic E-state index is 12.5. The first-order valence-corrected chi connectivity index (χ1v) is 7.43. The molecule has 0 fully saturated rings. The monoisotopic (exact) mass is 325 g/mol. The number of carbonyl (C=O) groups is 2. The van der Waals surface area contributed by atoms with Crippen LogP contribution in [0.15, 0.2) is 67.3 Å². The third-order valence-corrected chi connectivity index (χ3v) is 3.34. The van der Waals surface area contributed by atoms with Gasteiger partial charge in [-0.25, -0.2) is 9.59 Å². The van der Waals surface area contributed by atoms with Crippen molar-refractivity contribution in [1.82, 2.24) is 0 Å². The molecule has 0 N–H and O–H groups in total. The van der Waals surface area contributed by atoms with Crippen molar-refractivity contribution in [2.45, 2.75) is 6.61 Å². The predicted molar refractivity (Wildman–Crippen MR) is 92.0 cm³/mol. The van der Waals surface area contributed by atoms with Crippen molar-refractivity contribution in [3.05, 3.63) is 78.4 Å². The van der Waals surface area contributed by atoms with Gasteiger partial charge in [0.25, 0.3) is 0 Å². The van der Waals surface area contributed by atoms with E-state index in [1.54, 1.807) is 30.3 Å². The molecular weight excluding hydrogens is 306 g/mol. The van der Waals surface area contributed by atoms with Gasteiger partial charge in [-0.15, -0.1) is 6.58 Å². The molecule has 5 nitrogen and oxygen atoms in total. The van der Waals surface area contributed by atoms with Crippen LogP contribution in [0.25, 0.3) is 0 Å². The van der Waals surface area contributed by atoms with Crippen molar-refractivity contribution in [3.63, 3.8) is 0 Å². The summed E-state index contributed by atoms with van der Waals surface area (Å²) in [5.41, 5.74) is 1.59. The van der Waals surface area contributed by atoms with Crippen LogP contribution in [0.5, 0.6) is 0 Å². The average Bonchev–Trinajstić information content (AvgIpc) is 2.64. The number of benzene rings is 2. The van der Waals surface area contributed by atoms with Crippen molar-refractivity contribution in [1.29, 1.82) is 0 Å². The molecule has 124 valence electrons. The van der Waals surface area contributed by atoms with Gasteiger partial charge >= 0.3 is 12.1 Å². The minimum absolute atomic E-state index is 0.147. The van der Waals surface area contributed by atoms with Crippen LogP contribution in [0.4, 0.5) is 10.5 Å². The number of amides is 1. The van der Waals surface area contributed by atoms with Gasteiger partial charge in [-0.05, 0) is 17.7 Å². The molecule has 0 saturated heterocycles. The van der Waals surface area contributed by atoms with Crippen LogP contribution in [-0.2, 0) is 16.1 Å². The number of para-hydroxylation sites is 1. The van der Waals surface area contributed by atoms with Gasteiger partial charge < -0.3 is 9.47 Å². The van der Waals surface area contributed by atoms with Crippen LogP contribution >= 0.6 is 0 Å². The van der Waals surface area contributed by atoms with E-state index in [1.165, 1.54) is 12.0 Å². The van der Waals surface area contributed by atoms with Gasteiger partial charge in [-0.2, -0.15) is 0 Å². The maximum absolute atomic E-state index is 12.5. The first kappa shape index (κ1) is 17.3. The number of nitrogens with zero attached hydrogens (tertiary/aromatic N) is 1. The quantitative estimate of drug-likeness (QED) is 0.599. The van der Waals surface area contributed by atoms with E-state index in [0.29, 0.717) is 11.3 Å². The van der Waals surface area contributed by atoms with Crippen LogP contribution in [-0.4, -0.2) is 25.7 Å². The highest BCUT2D eigenvalue weighted by Gasteiger charge is 2.22. The largest absolute Gasteiger partial charge is 0.465 e. The standard InChI is InChI=1S/C19H19NO4/c1-3-13-20(17-12-8-7-11-16(17)18(21)23-2)19(22)24-14-15-9-5-4-6-10-15/h3-12H,1,13-14H2,2H3. The summed E-state index contributed by atoms with van der Waals surface area (Å²) in [4.78, 5) is 25.7. The maximum Gasteiger partial charge on any atom is 0.414 e. The topological polar surface area (TPSA) is 55.8 Å². The number of carbonyl (C=O) groups excluding carboxylic acids is 2. The number of methoxy groups -OCH3 is 1. The molecule has 2 aromatic rings. The molecule has 0 aromatic heterocycles. The average molecular weight is 325 g/mol. The molecule has 0 aliphatic heterocycles. The number of hydrogen-bond donors (Lipinski definition) is 0. The lowest BCUT2D eigenvalue weighted by Crippen LogP contribution is -2.33. The Labute approximate surface area is 141 Å². The van der Waals surface area contributed by atoms with Crippen molar-refractivity contribution < 1.29 is 19.1 Å². The van der Waals surface area contributed by atoms with Gasteiger partial charge in [0.05, 0.1) is 18.4 Å². The number of hydrogen-bond acceptors (Lipinski definition) is 4. The van der Waals surface area contributed by atoms with E-state index >= 15 is 0 Å². The van der Waals surface area contributed by atoms with Gasteiger partial charge in [0.1, 0.15) is 6.61 Å². The third kappa shape index (κ3) is 4.23. The molecule has 0 bridgehead atoms. The molecule has 2 rings (SSSR count). The van der Waals surface area contributed by atoms with E-state index in [0.717, 1.165) is 5.56 Å². The van der Waals surface area contributed by atoms with Gasteiger partial charge in [0, 0.05) is 6.54 Å². The van der Waals surface area contributed by atoms with Crippen molar-refractivity contribution in [2.75, 3.05) is 18.6 Å². The van der Waals surface area contributed by atoms with Crippen LogP contribution in [0.2, 0.25) is 0 Å². The Kier molecular flexibility index (Phi) is 6.14. The second-order valence-electron chi connectivity index (χ2n) is 4.95. The summed E-state index contributed by atoms with van der Waals surface area (Å²) >= 11 is 0. The second kappa shape index (κ2) is 8.53. The molecule has 0 radical (unpaired) electrons. The molecule has 5 heteroatoms. The van der Waals surface area contributed by atoms with Crippen molar-refractivity contribution in [3.8, 4) is 0 Å². The fourth-order valence-corrected chi connectivity index (χ4v) is 2.19. The zero-order valence-electron chi connectivity index (χ0n) is 13.5. The Bertz CT molecular complexity index is 712. The van der Waals surface area contributed by atoms with Crippen molar-refractivity contribution in [2.24, 2.45) is 0 Å². The fourth-order valence-electron chi connectivity index (χ4n) is 2.19. The molecular formula is C19H19NO4. The Morgan fingerprint density at radius 3 is 2.42 bits per heavy atom. The molecule has 24 heavy (non-hydrogen) atoms. The highest BCUT2D eigenvalue weighted by Crippen LogP contribution is 2.22. The summed E-state index contributed by atoms with van der Waals surface area (Å²) in [6, 6.07) is 16.1. The summed E-state index contributed by atoms with van der Waals surface area (Å²) in [5.74, 6) is -0.518. The summed E-state index contributed by atoms with van der Waals surface area (Å²) in [5, 5.41) is 0. The van der Waals surface area contributed by atoms with E-state index in [-0.39, 0.29) is 13.2 Å². The van der Waals surface area contributed by atoms with Gasteiger partial charge in [-0.3, -0.25) is 4.90 Å². The fraction of sp³-hybridized carbons (Fsp3) is 0.158. The molecule has 0 saturated carbocycles. The summed E-state index contributed by atoms with van der Waals surface area (Å²) in [7, 11) is 1.30. The van der Waals surface area contributed by atoms with E-state index in [1.807, 2.05) is 30.3 Å². The third-order valence-electron chi connectivity index (χ3n) is 3.34.